The van der Waals surface area contributed by atoms with E-state index in [1.807, 2.05) is 36.1 Å². The minimum Gasteiger partial charge on any atom is -0.342 e. The molecule has 2 aromatic rings. The van der Waals surface area contributed by atoms with Crippen LogP contribution in [0.15, 0.2) is 34.2 Å². The van der Waals surface area contributed by atoms with Crippen molar-refractivity contribution < 1.29 is 4.79 Å². The van der Waals surface area contributed by atoms with Crippen molar-refractivity contribution >= 4 is 28.6 Å². The van der Waals surface area contributed by atoms with Gasteiger partial charge in [0.2, 0.25) is 5.91 Å². The number of benzene rings is 1. The smallest absolute Gasteiger partial charge is 0.262 e. The Hall–Kier alpha value is -1.82. The zero-order valence-corrected chi connectivity index (χ0v) is 16.7. The van der Waals surface area contributed by atoms with Crippen molar-refractivity contribution in [2.24, 2.45) is 11.8 Å². The van der Waals surface area contributed by atoms with E-state index >= 15 is 0 Å². The number of piperidine rings is 1. The van der Waals surface area contributed by atoms with Crippen molar-refractivity contribution in [3.05, 3.63) is 34.6 Å². The summed E-state index contributed by atoms with van der Waals surface area (Å²) in [5.41, 5.74) is 0.672. The number of thioether (sulfide) groups is 1. The number of hydrogen-bond donors (Lipinski definition) is 0. The summed E-state index contributed by atoms with van der Waals surface area (Å²) in [6.45, 7) is 4.29. The number of rotatable bonds is 4. The molecule has 27 heavy (non-hydrogen) atoms. The number of nitrogens with zero attached hydrogens (tertiary/aromatic N) is 3. The fourth-order valence-corrected chi connectivity index (χ4v) is 5.55. The quantitative estimate of drug-likeness (QED) is 0.597. The van der Waals surface area contributed by atoms with Gasteiger partial charge in [-0.1, -0.05) is 43.2 Å². The number of aromatic nitrogens is 2. The van der Waals surface area contributed by atoms with Gasteiger partial charge in [0.05, 0.1) is 16.7 Å². The molecule has 2 aliphatic rings. The third-order valence-electron chi connectivity index (χ3n) is 6.11. The number of likely N-dealkylation sites (tertiary alicyclic amines) is 1. The molecule has 0 bridgehead atoms. The van der Waals surface area contributed by atoms with Crippen molar-refractivity contribution in [3.8, 4) is 0 Å². The van der Waals surface area contributed by atoms with E-state index in [2.05, 4.69) is 4.98 Å². The van der Waals surface area contributed by atoms with Crippen LogP contribution in [0.2, 0.25) is 0 Å². The largest absolute Gasteiger partial charge is 0.342 e. The van der Waals surface area contributed by atoms with Gasteiger partial charge in [0.1, 0.15) is 0 Å². The third kappa shape index (κ3) is 3.77. The number of carbonyl (C=O) groups is 1. The molecule has 0 N–H and O–H groups in total. The average Bonchev–Trinajstić information content (AvgIpc) is 2.71. The van der Waals surface area contributed by atoms with Gasteiger partial charge in [-0.25, -0.2) is 4.98 Å². The molecule has 4 rings (SSSR count). The lowest BCUT2D eigenvalue weighted by Gasteiger charge is -2.41. The molecule has 1 amide bonds. The number of para-hydroxylation sites is 1. The van der Waals surface area contributed by atoms with Crippen LogP contribution in [0.5, 0.6) is 0 Å². The number of fused-ring (bicyclic) bond motifs is 2. The zero-order chi connectivity index (χ0) is 18.8. The summed E-state index contributed by atoms with van der Waals surface area (Å²) in [7, 11) is 0. The summed E-state index contributed by atoms with van der Waals surface area (Å²) >= 11 is 1.39. The fraction of sp³-hybridized carbons (Fsp3) is 0.571. The third-order valence-corrected chi connectivity index (χ3v) is 7.07. The summed E-state index contributed by atoms with van der Waals surface area (Å²) in [5.74, 6) is 2.04. The predicted molar refractivity (Wildman–Crippen MR) is 109 cm³/mol. The lowest BCUT2D eigenvalue weighted by Crippen LogP contribution is -2.45. The van der Waals surface area contributed by atoms with E-state index in [-0.39, 0.29) is 11.5 Å². The maximum atomic E-state index is 12.8. The molecule has 1 aliphatic heterocycles. The number of amides is 1. The Bertz CT molecular complexity index is 895. The Labute approximate surface area is 164 Å². The van der Waals surface area contributed by atoms with Crippen LogP contribution in [-0.2, 0) is 11.3 Å². The number of carbonyl (C=O) groups excluding carboxylic acids is 1. The summed E-state index contributed by atoms with van der Waals surface area (Å²) in [6, 6.07) is 7.41. The van der Waals surface area contributed by atoms with Crippen LogP contribution in [0.25, 0.3) is 10.9 Å². The van der Waals surface area contributed by atoms with Gasteiger partial charge < -0.3 is 4.90 Å². The maximum Gasteiger partial charge on any atom is 0.262 e. The van der Waals surface area contributed by atoms with Crippen LogP contribution in [0.1, 0.15) is 39.0 Å². The van der Waals surface area contributed by atoms with Gasteiger partial charge in [-0.2, -0.15) is 0 Å². The Kier molecular flexibility index (Phi) is 5.53. The summed E-state index contributed by atoms with van der Waals surface area (Å²) < 4.78 is 1.67. The molecule has 1 saturated carbocycles. The van der Waals surface area contributed by atoms with E-state index in [0.29, 0.717) is 34.3 Å². The van der Waals surface area contributed by atoms with Gasteiger partial charge in [-0.05, 0) is 43.7 Å². The van der Waals surface area contributed by atoms with Crippen molar-refractivity contribution in [2.45, 2.75) is 50.7 Å². The molecule has 0 unspecified atom stereocenters. The van der Waals surface area contributed by atoms with E-state index in [4.69, 9.17) is 0 Å². The van der Waals surface area contributed by atoms with E-state index in [0.717, 1.165) is 25.4 Å². The van der Waals surface area contributed by atoms with Crippen LogP contribution in [0, 0.1) is 11.8 Å². The van der Waals surface area contributed by atoms with E-state index in [9.17, 15) is 9.59 Å². The van der Waals surface area contributed by atoms with Crippen molar-refractivity contribution in [1.29, 1.82) is 0 Å². The normalized spacial score (nSPS) is 22.6. The lowest BCUT2D eigenvalue weighted by atomic mass is 9.75. The first-order valence-corrected chi connectivity index (χ1v) is 11.1. The highest BCUT2D eigenvalue weighted by molar-refractivity contribution is 7.99. The highest BCUT2D eigenvalue weighted by Gasteiger charge is 2.32. The lowest BCUT2D eigenvalue weighted by molar-refractivity contribution is -0.131. The van der Waals surface area contributed by atoms with Crippen LogP contribution in [0.4, 0.5) is 0 Å². The van der Waals surface area contributed by atoms with E-state index < -0.39 is 0 Å². The molecule has 6 heteroatoms. The van der Waals surface area contributed by atoms with Gasteiger partial charge in [0.25, 0.3) is 5.56 Å². The second kappa shape index (κ2) is 8.05. The molecular formula is C21H27N3O2S. The Morgan fingerprint density at radius 3 is 2.78 bits per heavy atom. The molecule has 0 spiro atoms. The van der Waals surface area contributed by atoms with Crippen LogP contribution >= 0.6 is 11.8 Å². The monoisotopic (exact) mass is 385 g/mol. The minimum atomic E-state index is -0.0268. The van der Waals surface area contributed by atoms with Crippen LogP contribution in [0.3, 0.4) is 0 Å². The second-order valence-corrected chi connectivity index (χ2v) is 8.63. The minimum absolute atomic E-state index is 0.0268. The van der Waals surface area contributed by atoms with Gasteiger partial charge in [0.15, 0.2) is 5.16 Å². The first kappa shape index (κ1) is 18.5. The molecule has 2 atom stereocenters. The van der Waals surface area contributed by atoms with E-state index in [1.165, 1.54) is 37.4 Å². The first-order valence-electron chi connectivity index (χ1n) is 10.1. The second-order valence-electron chi connectivity index (χ2n) is 7.68. The summed E-state index contributed by atoms with van der Waals surface area (Å²) in [6.07, 6.45) is 6.41. The van der Waals surface area contributed by atoms with Crippen molar-refractivity contribution in [3.63, 3.8) is 0 Å². The van der Waals surface area contributed by atoms with Gasteiger partial charge >= 0.3 is 0 Å². The molecule has 0 radical (unpaired) electrons. The van der Waals surface area contributed by atoms with Crippen molar-refractivity contribution in [1.82, 2.24) is 14.5 Å². The first-order chi connectivity index (χ1) is 13.2. The topological polar surface area (TPSA) is 55.2 Å². The molecule has 144 valence electrons. The molecule has 1 saturated heterocycles. The number of hydrogen-bond acceptors (Lipinski definition) is 4. The standard InChI is InChI=1S/C21H27N3O2S/c1-2-24-20(26)17-9-5-6-10-18(17)22-21(24)27-14-19(25)23-12-11-15-7-3-4-8-16(15)13-23/h5-6,9-10,15-16H,2-4,7-8,11-14H2,1H3/t15-,16-/m1/s1. The van der Waals surface area contributed by atoms with E-state index in [1.54, 1.807) is 4.57 Å². The van der Waals surface area contributed by atoms with Gasteiger partial charge in [-0.3, -0.25) is 14.2 Å². The van der Waals surface area contributed by atoms with Gasteiger partial charge in [-0.15, -0.1) is 0 Å². The highest BCUT2D eigenvalue weighted by Crippen LogP contribution is 2.36. The molecular weight excluding hydrogens is 358 g/mol. The molecule has 1 aromatic heterocycles. The Morgan fingerprint density at radius 1 is 1.19 bits per heavy atom. The molecule has 1 aromatic carbocycles. The molecule has 2 heterocycles. The average molecular weight is 386 g/mol. The summed E-state index contributed by atoms with van der Waals surface area (Å²) in [4.78, 5) is 32.2. The predicted octanol–water partition coefficient (Wildman–Crippen LogP) is 3.55. The molecule has 5 nitrogen and oxygen atoms in total. The van der Waals surface area contributed by atoms with Crippen LogP contribution in [-0.4, -0.2) is 39.2 Å². The molecule has 1 aliphatic carbocycles. The Morgan fingerprint density at radius 2 is 1.96 bits per heavy atom. The fourth-order valence-electron chi connectivity index (χ4n) is 4.58. The summed E-state index contributed by atoms with van der Waals surface area (Å²) in [5, 5.41) is 1.27. The maximum absolute atomic E-state index is 12.8. The van der Waals surface area contributed by atoms with Crippen molar-refractivity contribution in [2.75, 3.05) is 18.8 Å². The SMILES string of the molecule is CCn1c(SCC(=O)N2CC[C@H]3CCCC[C@@H]3C2)nc2ccccc2c1=O. The Balaban J connectivity index is 1.47. The van der Waals surface area contributed by atoms with Crippen LogP contribution < -0.4 is 5.56 Å². The van der Waals surface area contributed by atoms with Gasteiger partial charge in [0, 0.05) is 19.6 Å². The highest BCUT2D eigenvalue weighted by atomic mass is 32.2. The zero-order valence-electron chi connectivity index (χ0n) is 15.9. The molecule has 2 fully saturated rings.